The van der Waals surface area contributed by atoms with Gasteiger partial charge in [0.05, 0.1) is 24.6 Å². The van der Waals surface area contributed by atoms with Gasteiger partial charge in [-0.05, 0) is 25.0 Å². The summed E-state index contributed by atoms with van der Waals surface area (Å²) in [5.41, 5.74) is 0. The van der Waals surface area contributed by atoms with E-state index in [0.717, 1.165) is 12.2 Å². The Kier molecular flexibility index (Phi) is 4.92. The van der Waals surface area contributed by atoms with Crippen LogP contribution in [0.2, 0.25) is 0 Å². The molecule has 1 aromatic heterocycles. The molecule has 124 valence electrons. The number of rotatable bonds is 7. The number of para-hydroxylation sites is 1. The van der Waals surface area contributed by atoms with Crippen LogP contribution in [0.15, 0.2) is 42.7 Å². The summed E-state index contributed by atoms with van der Waals surface area (Å²) < 4.78 is 33.6. The molecule has 1 saturated heterocycles. The normalized spacial score (nSPS) is 19.0. The van der Waals surface area contributed by atoms with Crippen LogP contribution in [-0.2, 0) is 10.0 Å². The maximum atomic E-state index is 12.4. The van der Waals surface area contributed by atoms with Gasteiger partial charge in [0, 0.05) is 19.3 Å². The minimum absolute atomic E-state index is 0.0767. The SMILES string of the molecule is O=S(=O)(CCCOc1ccccc1)N1CC[C@@H](n2ccnn2)C1. The van der Waals surface area contributed by atoms with E-state index < -0.39 is 10.0 Å². The Morgan fingerprint density at radius 3 is 2.83 bits per heavy atom. The molecule has 1 fully saturated rings. The third kappa shape index (κ3) is 4.08. The second kappa shape index (κ2) is 7.10. The zero-order valence-electron chi connectivity index (χ0n) is 12.8. The van der Waals surface area contributed by atoms with Gasteiger partial charge in [-0.1, -0.05) is 23.4 Å². The summed E-state index contributed by atoms with van der Waals surface area (Å²) in [4.78, 5) is 0. The molecule has 0 N–H and O–H groups in total. The van der Waals surface area contributed by atoms with Crippen LogP contribution in [0.1, 0.15) is 18.9 Å². The van der Waals surface area contributed by atoms with Crippen molar-refractivity contribution in [3.05, 3.63) is 42.7 Å². The molecule has 0 unspecified atom stereocenters. The van der Waals surface area contributed by atoms with Gasteiger partial charge in [-0.3, -0.25) is 0 Å². The quantitative estimate of drug-likeness (QED) is 0.713. The molecule has 8 heteroatoms. The number of benzene rings is 1. The predicted molar refractivity (Wildman–Crippen MR) is 85.6 cm³/mol. The van der Waals surface area contributed by atoms with Gasteiger partial charge in [-0.2, -0.15) is 4.31 Å². The van der Waals surface area contributed by atoms with Gasteiger partial charge < -0.3 is 4.74 Å². The van der Waals surface area contributed by atoms with Gasteiger partial charge in [-0.25, -0.2) is 13.1 Å². The number of hydrogen-bond donors (Lipinski definition) is 0. The molecule has 1 atom stereocenters. The van der Waals surface area contributed by atoms with Crippen LogP contribution < -0.4 is 4.74 Å². The van der Waals surface area contributed by atoms with Crippen LogP contribution in [-0.4, -0.2) is 53.2 Å². The molecule has 2 aromatic rings. The average Bonchev–Trinajstić information content (AvgIpc) is 3.23. The van der Waals surface area contributed by atoms with E-state index in [0.29, 0.717) is 26.1 Å². The van der Waals surface area contributed by atoms with Crippen LogP contribution in [0.4, 0.5) is 0 Å². The Hall–Kier alpha value is -1.93. The highest BCUT2D eigenvalue weighted by molar-refractivity contribution is 7.89. The highest BCUT2D eigenvalue weighted by atomic mass is 32.2. The number of nitrogens with zero attached hydrogens (tertiary/aromatic N) is 4. The second-order valence-electron chi connectivity index (χ2n) is 5.51. The van der Waals surface area contributed by atoms with Crippen LogP contribution in [0.25, 0.3) is 0 Å². The fourth-order valence-corrected chi connectivity index (χ4v) is 4.19. The lowest BCUT2D eigenvalue weighted by Crippen LogP contribution is -2.32. The lowest BCUT2D eigenvalue weighted by Gasteiger charge is -2.16. The molecule has 0 radical (unpaired) electrons. The number of sulfonamides is 1. The van der Waals surface area contributed by atoms with Crippen LogP contribution >= 0.6 is 0 Å². The van der Waals surface area contributed by atoms with Gasteiger partial charge >= 0.3 is 0 Å². The molecule has 3 rings (SSSR count). The Labute approximate surface area is 135 Å². The highest BCUT2D eigenvalue weighted by Gasteiger charge is 2.32. The van der Waals surface area contributed by atoms with E-state index >= 15 is 0 Å². The first-order valence-electron chi connectivity index (χ1n) is 7.66. The monoisotopic (exact) mass is 336 g/mol. The molecule has 0 saturated carbocycles. The molecule has 7 nitrogen and oxygen atoms in total. The van der Waals surface area contributed by atoms with Gasteiger partial charge in [0.25, 0.3) is 0 Å². The summed E-state index contributed by atoms with van der Waals surface area (Å²) in [6.07, 6.45) is 4.62. The molecule has 0 amide bonds. The molecular formula is C15H20N4O3S. The van der Waals surface area contributed by atoms with Crippen molar-refractivity contribution in [1.82, 2.24) is 19.3 Å². The van der Waals surface area contributed by atoms with Crippen molar-refractivity contribution in [3.8, 4) is 5.75 Å². The molecule has 2 heterocycles. The maximum Gasteiger partial charge on any atom is 0.214 e. The third-order valence-corrected chi connectivity index (χ3v) is 5.82. The number of hydrogen-bond acceptors (Lipinski definition) is 5. The van der Waals surface area contributed by atoms with Crippen molar-refractivity contribution < 1.29 is 13.2 Å². The lowest BCUT2D eigenvalue weighted by molar-refractivity contribution is 0.316. The summed E-state index contributed by atoms with van der Waals surface area (Å²) in [5, 5.41) is 7.72. The zero-order valence-corrected chi connectivity index (χ0v) is 13.6. The highest BCUT2D eigenvalue weighted by Crippen LogP contribution is 2.23. The Morgan fingerprint density at radius 1 is 1.26 bits per heavy atom. The fraction of sp³-hybridized carbons (Fsp3) is 0.467. The molecule has 1 aliphatic rings. The molecule has 1 aliphatic heterocycles. The van der Waals surface area contributed by atoms with E-state index in [-0.39, 0.29) is 11.8 Å². The minimum atomic E-state index is -3.25. The molecule has 0 bridgehead atoms. The summed E-state index contributed by atoms with van der Waals surface area (Å²) in [7, 11) is -3.25. The fourth-order valence-electron chi connectivity index (χ4n) is 2.67. The lowest BCUT2D eigenvalue weighted by atomic mass is 10.3. The van der Waals surface area contributed by atoms with Gasteiger partial charge in [-0.15, -0.1) is 5.10 Å². The summed E-state index contributed by atoms with van der Waals surface area (Å²) in [5.74, 6) is 0.863. The largest absolute Gasteiger partial charge is 0.494 e. The first-order chi connectivity index (χ1) is 11.1. The van der Waals surface area contributed by atoms with Gasteiger partial charge in [0.1, 0.15) is 5.75 Å². The molecule has 23 heavy (non-hydrogen) atoms. The maximum absolute atomic E-state index is 12.4. The van der Waals surface area contributed by atoms with Crippen LogP contribution in [0, 0.1) is 0 Å². The number of ether oxygens (including phenoxy) is 1. The topological polar surface area (TPSA) is 77.3 Å². The average molecular weight is 336 g/mol. The van der Waals surface area contributed by atoms with E-state index in [2.05, 4.69) is 10.3 Å². The van der Waals surface area contributed by atoms with Crippen molar-refractivity contribution in [2.75, 3.05) is 25.4 Å². The standard InChI is InChI=1S/C15H20N4O3S/c20-23(21,12-4-11-22-15-5-2-1-3-6-15)18-9-7-14(13-18)19-10-8-16-17-19/h1-3,5-6,8,10,14H,4,7,9,11-13H2/t14-/m1/s1. The third-order valence-electron chi connectivity index (χ3n) is 3.89. The van der Waals surface area contributed by atoms with Gasteiger partial charge in [0.2, 0.25) is 10.0 Å². The Bertz CT molecular complexity index is 704. The van der Waals surface area contributed by atoms with Crippen molar-refractivity contribution >= 4 is 10.0 Å². The molecular weight excluding hydrogens is 316 g/mol. The van der Waals surface area contributed by atoms with E-state index in [4.69, 9.17) is 4.74 Å². The van der Waals surface area contributed by atoms with E-state index in [1.807, 2.05) is 30.3 Å². The summed E-state index contributed by atoms with van der Waals surface area (Å²) in [6, 6.07) is 9.49. The summed E-state index contributed by atoms with van der Waals surface area (Å²) >= 11 is 0. The second-order valence-corrected chi connectivity index (χ2v) is 7.60. The zero-order chi connectivity index (χ0) is 16.1. The predicted octanol–water partition coefficient (Wildman–Crippen LogP) is 1.32. The molecule has 0 spiro atoms. The van der Waals surface area contributed by atoms with Crippen molar-refractivity contribution in [2.24, 2.45) is 0 Å². The molecule has 0 aliphatic carbocycles. The van der Waals surface area contributed by atoms with Crippen molar-refractivity contribution in [1.29, 1.82) is 0 Å². The first kappa shape index (κ1) is 15.9. The first-order valence-corrected chi connectivity index (χ1v) is 9.27. The minimum Gasteiger partial charge on any atom is -0.494 e. The van der Waals surface area contributed by atoms with E-state index in [9.17, 15) is 8.42 Å². The van der Waals surface area contributed by atoms with E-state index in [1.165, 1.54) is 0 Å². The van der Waals surface area contributed by atoms with Crippen molar-refractivity contribution in [2.45, 2.75) is 18.9 Å². The van der Waals surface area contributed by atoms with Gasteiger partial charge in [0.15, 0.2) is 0 Å². The van der Waals surface area contributed by atoms with Crippen LogP contribution in [0.5, 0.6) is 5.75 Å². The molecule has 1 aromatic carbocycles. The Morgan fingerprint density at radius 2 is 2.09 bits per heavy atom. The number of aromatic nitrogens is 3. The smallest absolute Gasteiger partial charge is 0.214 e. The Balaban J connectivity index is 1.46. The van der Waals surface area contributed by atoms with Crippen molar-refractivity contribution in [3.63, 3.8) is 0 Å². The summed E-state index contributed by atoms with van der Waals surface area (Å²) in [6.45, 7) is 1.39. The van der Waals surface area contributed by atoms with Crippen LogP contribution in [0.3, 0.4) is 0 Å². The van der Waals surface area contributed by atoms with E-state index in [1.54, 1.807) is 21.4 Å².